The molecule has 0 saturated heterocycles. The molecule has 4 nitrogen and oxygen atoms in total. The van der Waals surface area contributed by atoms with Crippen molar-refractivity contribution in [3.8, 4) is 0 Å². The molecule has 0 aliphatic heterocycles. The highest BCUT2D eigenvalue weighted by Gasteiger charge is 2.36. The minimum absolute atomic E-state index is 0.527. The lowest BCUT2D eigenvalue weighted by Crippen LogP contribution is -2.36. The average molecular weight is 208 g/mol. The van der Waals surface area contributed by atoms with Gasteiger partial charge in [-0.15, -0.1) is 0 Å². The highest BCUT2D eigenvalue weighted by Crippen LogP contribution is 2.33. The van der Waals surface area contributed by atoms with E-state index >= 15 is 0 Å². The van der Waals surface area contributed by atoms with Gasteiger partial charge in [0.25, 0.3) is 0 Å². The van der Waals surface area contributed by atoms with Crippen LogP contribution in [0.25, 0.3) is 0 Å². The number of anilines is 1. The van der Waals surface area contributed by atoms with Gasteiger partial charge in [-0.05, 0) is 25.5 Å². The van der Waals surface area contributed by atoms with Gasteiger partial charge in [-0.25, -0.2) is 0 Å². The fraction of sp³-hybridized carbons (Fsp3) is 0.364. The molecule has 0 radical (unpaired) electrons. The number of nitrogens with two attached hydrogens (primary N) is 2. The lowest BCUT2D eigenvalue weighted by atomic mass is 9.80. The fourth-order valence-electron chi connectivity index (χ4n) is 1.32. The maximum atomic E-state index is 11.0. The van der Waals surface area contributed by atoms with Crippen molar-refractivity contribution in [2.75, 3.05) is 5.73 Å². The van der Waals surface area contributed by atoms with Gasteiger partial charge < -0.3 is 16.6 Å². The molecule has 5 N–H and O–H groups in total. The van der Waals surface area contributed by atoms with E-state index in [9.17, 15) is 4.79 Å². The van der Waals surface area contributed by atoms with Crippen LogP contribution < -0.4 is 11.5 Å². The van der Waals surface area contributed by atoms with Crippen molar-refractivity contribution in [2.45, 2.75) is 19.9 Å². The Balaban J connectivity index is 3.10. The Hall–Kier alpha value is -1.55. The van der Waals surface area contributed by atoms with Crippen LogP contribution in [0, 0.1) is 5.41 Å². The van der Waals surface area contributed by atoms with Crippen LogP contribution in [0.4, 0.5) is 5.69 Å². The maximum Gasteiger partial charge on any atom is 0.311 e. The van der Waals surface area contributed by atoms with Crippen LogP contribution in [0.15, 0.2) is 24.3 Å². The summed E-state index contributed by atoms with van der Waals surface area (Å²) in [6.45, 7) is 3.18. The summed E-state index contributed by atoms with van der Waals surface area (Å²) in [6, 6.07) is 6.44. The lowest BCUT2D eigenvalue weighted by molar-refractivity contribution is -0.148. The molecular formula is C11H16N2O2. The van der Waals surface area contributed by atoms with E-state index in [4.69, 9.17) is 16.6 Å². The largest absolute Gasteiger partial charge is 0.481 e. The van der Waals surface area contributed by atoms with Gasteiger partial charge >= 0.3 is 5.97 Å². The van der Waals surface area contributed by atoms with E-state index in [1.807, 2.05) is 0 Å². The van der Waals surface area contributed by atoms with Gasteiger partial charge in [0, 0.05) is 11.7 Å². The van der Waals surface area contributed by atoms with Crippen LogP contribution in [0.3, 0.4) is 0 Å². The third-order valence-corrected chi connectivity index (χ3v) is 2.66. The normalized spacial score (nSPS) is 13.5. The third-order valence-electron chi connectivity index (χ3n) is 2.66. The molecule has 0 aliphatic carbocycles. The van der Waals surface area contributed by atoms with Crippen molar-refractivity contribution < 1.29 is 9.90 Å². The SMILES string of the molecule is CC(C)(C(=O)O)C(N)c1ccccc1N. The molecule has 1 aromatic rings. The molecule has 0 bridgehead atoms. The van der Waals surface area contributed by atoms with Crippen LogP contribution in [0.1, 0.15) is 25.5 Å². The van der Waals surface area contributed by atoms with Crippen molar-refractivity contribution in [2.24, 2.45) is 11.1 Å². The monoisotopic (exact) mass is 208 g/mol. The van der Waals surface area contributed by atoms with E-state index in [0.29, 0.717) is 11.3 Å². The number of nitrogen functional groups attached to an aromatic ring is 1. The second-order valence-electron chi connectivity index (χ2n) is 4.13. The maximum absolute atomic E-state index is 11.0. The van der Waals surface area contributed by atoms with Crippen molar-refractivity contribution in [3.05, 3.63) is 29.8 Å². The molecular weight excluding hydrogens is 192 g/mol. The van der Waals surface area contributed by atoms with Crippen molar-refractivity contribution in [3.63, 3.8) is 0 Å². The molecule has 0 amide bonds. The van der Waals surface area contributed by atoms with Crippen LogP contribution in [-0.4, -0.2) is 11.1 Å². The van der Waals surface area contributed by atoms with E-state index in [1.165, 1.54) is 0 Å². The molecule has 1 unspecified atom stereocenters. The molecule has 0 spiro atoms. The summed E-state index contributed by atoms with van der Waals surface area (Å²) < 4.78 is 0. The molecule has 0 saturated carbocycles. The zero-order valence-electron chi connectivity index (χ0n) is 8.90. The molecule has 0 heterocycles. The fourth-order valence-corrected chi connectivity index (χ4v) is 1.32. The molecule has 0 aliphatic rings. The number of carboxylic acid groups (broad SMARTS) is 1. The first-order chi connectivity index (χ1) is 6.87. The van der Waals surface area contributed by atoms with E-state index < -0.39 is 17.4 Å². The minimum Gasteiger partial charge on any atom is -0.481 e. The number of benzene rings is 1. The topological polar surface area (TPSA) is 89.3 Å². The zero-order chi connectivity index (χ0) is 11.6. The van der Waals surface area contributed by atoms with Gasteiger partial charge in [0.2, 0.25) is 0 Å². The van der Waals surface area contributed by atoms with E-state index in [2.05, 4.69) is 0 Å². The number of aliphatic carboxylic acids is 1. The van der Waals surface area contributed by atoms with Gasteiger partial charge in [0.05, 0.1) is 5.41 Å². The summed E-state index contributed by atoms with van der Waals surface area (Å²) in [5, 5.41) is 9.04. The third kappa shape index (κ3) is 2.10. The van der Waals surface area contributed by atoms with Gasteiger partial charge in [-0.3, -0.25) is 4.79 Å². The molecule has 15 heavy (non-hydrogen) atoms. The number of hydrogen-bond acceptors (Lipinski definition) is 3. The highest BCUT2D eigenvalue weighted by molar-refractivity contribution is 5.75. The molecule has 1 rings (SSSR count). The van der Waals surface area contributed by atoms with Crippen LogP contribution in [-0.2, 0) is 4.79 Å². The Labute approximate surface area is 88.9 Å². The van der Waals surface area contributed by atoms with E-state index in [0.717, 1.165) is 0 Å². The van der Waals surface area contributed by atoms with Crippen LogP contribution in [0.2, 0.25) is 0 Å². The summed E-state index contributed by atoms with van der Waals surface area (Å²) in [5.41, 5.74) is 11.8. The van der Waals surface area contributed by atoms with Gasteiger partial charge in [-0.1, -0.05) is 18.2 Å². The summed E-state index contributed by atoms with van der Waals surface area (Å²) in [5.74, 6) is -0.932. The zero-order valence-corrected chi connectivity index (χ0v) is 8.90. The molecule has 1 atom stereocenters. The highest BCUT2D eigenvalue weighted by atomic mass is 16.4. The van der Waals surface area contributed by atoms with E-state index in [-0.39, 0.29) is 0 Å². The first-order valence-electron chi connectivity index (χ1n) is 4.70. The number of carboxylic acids is 1. The van der Waals surface area contributed by atoms with Crippen molar-refractivity contribution in [1.29, 1.82) is 0 Å². The molecule has 4 heteroatoms. The number of para-hydroxylation sites is 1. The Kier molecular flexibility index (Phi) is 3.00. The number of rotatable bonds is 3. The predicted octanol–water partition coefficient (Wildman–Crippen LogP) is 1.38. The standard InChI is InChI=1S/C11H16N2O2/c1-11(2,10(14)15)9(13)7-5-3-4-6-8(7)12/h3-6,9H,12-13H2,1-2H3,(H,14,15). The minimum atomic E-state index is -1.03. The van der Waals surface area contributed by atoms with Crippen LogP contribution >= 0.6 is 0 Å². The summed E-state index contributed by atoms with van der Waals surface area (Å²) in [6.07, 6.45) is 0. The Morgan fingerprint density at radius 1 is 1.40 bits per heavy atom. The number of hydrogen-bond donors (Lipinski definition) is 3. The first kappa shape index (κ1) is 11.5. The smallest absolute Gasteiger partial charge is 0.311 e. The number of carbonyl (C=O) groups is 1. The second kappa shape index (κ2) is 3.90. The quantitative estimate of drug-likeness (QED) is 0.654. The molecule has 82 valence electrons. The van der Waals surface area contributed by atoms with Gasteiger partial charge in [0.1, 0.15) is 0 Å². The lowest BCUT2D eigenvalue weighted by Gasteiger charge is -2.28. The Bertz CT molecular complexity index is 375. The average Bonchev–Trinajstić information content (AvgIpc) is 2.17. The van der Waals surface area contributed by atoms with Crippen LogP contribution in [0.5, 0.6) is 0 Å². The van der Waals surface area contributed by atoms with Crippen molar-refractivity contribution in [1.82, 2.24) is 0 Å². The predicted molar refractivity (Wildman–Crippen MR) is 59.2 cm³/mol. The Morgan fingerprint density at radius 3 is 2.40 bits per heavy atom. The first-order valence-corrected chi connectivity index (χ1v) is 4.70. The summed E-state index contributed by atoms with van der Waals surface area (Å²) in [4.78, 5) is 11.0. The van der Waals surface area contributed by atoms with Crippen molar-refractivity contribution >= 4 is 11.7 Å². The van der Waals surface area contributed by atoms with Gasteiger partial charge in [-0.2, -0.15) is 0 Å². The van der Waals surface area contributed by atoms with E-state index in [1.54, 1.807) is 38.1 Å². The summed E-state index contributed by atoms with van der Waals surface area (Å²) >= 11 is 0. The molecule has 0 fully saturated rings. The Morgan fingerprint density at radius 2 is 1.93 bits per heavy atom. The molecule has 0 aromatic heterocycles. The summed E-state index contributed by atoms with van der Waals surface area (Å²) in [7, 11) is 0. The molecule has 1 aromatic carbocycles. The van der Waals surface area contributed by atoms with Gasteiger partial charge in [0.15, 0.2) is 0 Å². The second-order valence-corrected chi connectivity index (χ2v) is 4.13.